The van der Waals surface area contributed by atoms with Gasteiger partial charge >= 0.3 is 5.97 Å². The van der Waals surface area contributed by atoms with Crippen molar-refractivity contribution >= 4 is 29.2 Å². The molecule has 0 N–H and O–H groups in total. The van der Waals surface area contributed by atoms with Gasteiger partial charge in [-0.3, -0.25) is 14.2 Å². The summed E-state index contributed by atoms with van der Waals surface area (Å²) in [5, 5.41) is 0. The third-order valence-electron chi connectivity index (χ3n) is 6.91. The minimum Gasteiger partial charge on any atom is -0.463 e. The van der Waals surface area contributed by atoms with Crippen LogP contribution in [-0.4, -0.2) is 22.9 Å². The highest BCUT2D eigenvalue weighted by molar-refractivity contribution is 7.07. The summed E-state index contributed by atoms with van der Waals surface area (Å²) < 4.78 is 13.4. The molecule has 2 aromatic heterocycles. The summed E-state index contributed by atoms with van der Waals surface area (Å²) in [7, 11) is 0. The molecule has 0 radical (unpaired) electrons. The average Bonchev–Trinajstić information content (AvgIpc) is 3.52. The van der Waals surface area contributed by atoms with E-state index in [1.54, 1.807) is 42.7 Å². The Balaban J connectivity index is 1.59. The second-order valence-corrected chi connectivity index (χ2v) is 11.0. The van der Waals surface area contributed by atoms with E-state index in [1.165, 1.54) is 23.8 Å². The van der Waals surface area contributed by atoms with Gasteiger partial charge in [0.2, 0.25) is 0 Å². The van der Waals surface area contributed by atoms with Crippen molar-refractivity contribution in [2.45, 2.75) is 46.6 Å². The van der Waals surface area contributed by atoms with E-state index in [2.05, 4.69) is 18.8 Å². The van der Waals surface area contributed by atoms with Crippen molar-refractivity contribution in [3.63, 3.8) is 0 Å². The molecule has 4 aromatic rings. The first-order chi connectivity index (χ1) is 19.2. The monoisotopic (exact) mass is 554 g/mol. The van der Waals surface area contributed by atoms with Gasteiger partial charge in [-0.2, -0.15) is 0 Å². The lowest BCUT2D eigenvalue weighted by Gasteiger charge is -2.25. The molecule has 204 valence electrons. The van der Waals surface area contributed by atoms with E-state index in [1.807, 2.05) is 42.5 Å². The predicted octanol–water partition coefficient (Wildman–Crippen LogP) is 5.38. The maximum absolute atomic E-state index is 13.8. The molecule has 0 aliphatic carbocycles. The van der Waals surface area contributed by atoms with Crippen molar-refractivity contribution in [3.8, 4) is 11.3 Å². The Bertz CT molecular complexity index is 1800. The minimum atomic E-state index is -0.661. The summed E-state index contributed by atoms with van der Waals surface area (Å²) in [6.45, 7) is 9.51. The number of Topliss-reactive ketones (excluding diaryl/α,β-unsaturated/α-hetero) is 1. The Morgan fingerprint density at radius 2 is 1.77 bits per heavy atom. The SMILES string of the molecule is CCOC(=O)C1=C(C)N=c2s/c(=C\c3ccc(-c4ccc(C(C)=O)cc4)o3)c(=O)n2[C@H]1c1ccc(C(C)C)cc1. The molecule has 5 rings (SSSR count). The lowest BCUT2D eigenvalue weighted by molar-refractivity contribution is -0.139. The van der Waals surface area contributed by atoms with E-state index >= 15 is 0 Å². The van der Waals surface area contributed by atoms with Gasteiger partial charge in [0.25, 0.3) is 5.56 Å². The molecule has 40 heavy (non-hydrogen) atoms. The Morgan fingerprint density at radius 3 is 2.40 bits per heavy atom. The summed E-state index contributed by atoms with van der Waals surface area (Å²) in [5.74, 6) is 0.996. The van der Waals surface area contributed by atoms with Gasteiger partial charge in [0.15, 0.2) is 10.6 Å². The number of hydrogen-bond donors (Lipinski definition) is 0. The number of esters is 1. The third kappa shape index (κ3) is 5.14. The number of allylic oxidation sites excluding steroid dienone is 1. The van der Waals surface area contributed by atoms with Crippen molar-refractivity contribution in [3.05, 3.63) is 114 Å². The van der Waals surface area contributed by atoms with E-state index in [9.17, 15) is 14.4 Å². The molecule has 2 aromatic carbocycles. The van der Waals surface area contributed by atoms with Crippen LogP contribution in [0.3, 0.4) is 0 Å². The highest BCUT2D eigenvalue weighted by Gasteiger charge is 2.33. The molecule has 0 saturated heterocycles. The highest BCUT2D eigenvalue weighted by atomic mass is 32.1. The Hall–Kier alpha value is -4.30. The third-order valence-corrected chi connectivity index (χ3v) is 7.89. The summed E-state index contributed by atoms with van der Waals surface area (Å²) in [6, 6.07) is 18.1. The van der Waals surface area contributed by atoms with E-state index in [0.717, 1.165) is 11.1 Å². The molecular weight excluding hydrogens is 524 g/mol. The fourth-order valence-electron chi connectivity index (χ4n) is 4.75. The number of hydrogen-bond acceptors (Lipinski definition) is 7. The molecule has 0 amide bonds. The van der Waals surface area contributed by atoms with Crippen LogP contribution in [0.2, 0.25) is 0 Å². The molecule has 0 unspecified atom stereocenters. The Kier molecular flexibility index (Phi) is 7.54. The maximum atomic E-state index is 13.8. The molecule has 1 aliphatic rings. The molecule has 0 fully saturated rings. The maximum Gasteiger partial charge on any atom is 0.338 e. The zero-order valence-electron chi connectivity index (χ0n) is 23.1. The fourth-order valence-corrected chi connectivity index (χ4v) is 5.78. The first kappa shape index (κ1) is 27.3. The number of ketones is 1. The second kappa shape index (κ2) is 11.1. The Morgan fingerprint density at radius 1 is 1.07 bits per heavy atom. The summed E-state index contributed by atoms with van der Waals surface area (Å²) in [4.78, 5) is 43.6. The minimum absolute atomic E-state index is 0.00224. The number of carbonyl (C=O) groups excluding carboxylic acids is 2. The molecule has 0 spiro atoms. The first-order valence-electron chi connectivity index (χ1n) is 13.2. The zero-order valence-corrected chi connectivity index (χ0v) is 23.9. The number of benzene rings is 2. The highest BCUT2D eigenvalue weighted by Crippen LogP contribution is 2.31. The van der Waals surface area contributed by atoms with E-state index in [4.69, 9.17) is 9.15 Å². The van der Waals surface area contributed by atoms with Crippen LogP contribution >= 0.6 is 11.3 Å². The molecule has 0 bridgehead atoms. The van der Waals surface area contributed by atoms with Gasteiger partial charge in [0.1, 0.15) is 11.5 Å². The van der Waals surface area contributed by atoms with Crippen LogP contribution in [0.15, 0.2) is 86.1 Å². The van der Waals surface area contributed by atoms with Crippen molar-refractivity contribution in [2.75, 3.05) is 6.61 Å². The largest absolute Gasteiger partial charge is 0.463 e. The number of fused-ring (bicyclic) bond motifs is 1. The molecule has 1 atom stereocenters. The van der Waals surface area contributed by atoms with Crippen LogP contribution in [0.4, 0.5) is 0 Å². The van der Waals surface area contributed by atoms with Gasteiger partial charge in [0.05, 0.1) is 28.5 Å². The summed E-state index contributed by atoms with van der Waals surface area (Å²) in [5.41, 5.74) is 4.04. The number of nitrogens with zero attached hydrogens (tertiary/aromatic N) is 2. The van der Waals surface area contributed by atoms with Crippen molar-refractivity contribution in [2.24, 2.45) is 4.99 Å². The quantitative estimate of drug-likeness (QED) is 0.226. The predicted molar refractivity (Wildman–Crippen MR) is 155 cm³/mol. The summed E-state index contributed by atoms with van der Waals surface area (Å²) >= 11 is 1.25. The first-order valence-corrected chi connectivity index (χ1v) is 14.0. The van der Waals surface area contributed by atoms with E-state index in [0.29, 0.717) is 43.6 Å². The number of ether oxygens (including phenoxy) is 1. The fraction of sp³-hybridized carbons (Fsp3) is 0.250. The second-order valence-electron chi connectivity index (χ2n) is 9.96. The van der Waals surface area contributed by atoms with Gasteiger partial charge in [-0.05, 0) is 49.9 Å². The molecular formula is C32H30N2O5S. The van der Waals surface area contributed by atoms with Gasteiger partial charge in [-0.1, -0.05) is 73.7 Å². The van der Waals surface area contributed by atoms with Crippen LogP contribution < -0.4 is 14.9 Å². The van der Waals surface area contributed by atoms with Crippen LogP contribution in [0, 0.1) is 0 Å². The van der Waals surface area contributed by atoms with Crippen LogP contribution in [0.5, 0.6) is 0 Å². The van der Waals surface area contributed by atoms with Crippen LogP contribution in [0.1, 0.15) is 73.8 Å². The van der Waals surface area contributed by atoms with E-state index in [-0.39, 0.29) is 17.9 Å². The van der Waals surface area contributed by atoms with Gasteiger partial charge < -0.3 is 9.15 Å². The molecule has 1 aliphatic heterocycles. The lowest BCUT2D eigenvalue weighted by atomic mass is 9.93. The van der Waals surface area contributed by atoms with Crippen molar-refractivity contribution < 1.29 is 18.7 Å². The molecule has 8 heteroatoms. The van der Waals surface area contributed by atoms with Crippen LogP contribution in [-0.2, 0) is 9.53 Å². The number of thiazole rings is 1. The number of rotatable bonds is 7. The standard InChI is InChI=1S/C32H30N2O5S/c1-6-38-31(37)28-19(4)33-32-34(29(28)24-13-7-21(8-14-24)18(2)3)30(36)27(40-32)17-25-15-16-26(39-25)23-11-9-22(10-12-23)20(5)35/h7-18,29H,6H2,1-5H3/b27-17-/t29-/m0/s1. The van der Waals surface area contributed by atoms with E-state index < -0.39 is 12.0 Å². The van der Waals surface area contributed by atoms with Crippen molar-refractivity contribution in [1.82, 2.24) is 4.57 Å². The number of aromatic nitrogens is 1. The molecule has 7 nitrogen and oxygen atoms in total. The average molecular weight is 555 g/mol. The van der Waals surface area contributed by atoms with Crippen LogP contribution in [0.25, 0.3) is 17.4 Å². The number of furan rings is 1. The van der Waals surface area contributed by atoms with Gasteiger partial charge in [-0.15, -0.1) is 0 Å². The summed E-state index contributed by atoms with van der Waals surface area (Å²) in [6.07, 6.45) is 1.69. The Labute approximate surface area is 235 Å². The topological polar surface area (TPSA) is 90.9 Å². The van der Waals surface area contributed by atoms with Crippen molar-refractivity contribution in [1.29, 1.82) is 0 Å². The molecule has 3 heterocycles. The van der Waals surface area contributed by atoms with Gasteiger partial charge in [0, 0.05) is 17.2 Å². The lowest BCUT2D eigenvalue weighted by Crippen LogP contribution is -2.39. The number of carbonyl (C=O) groups is 2. The smallest absolute Gasteiger partial charge is 0.338 e. The normalized spacial score (nSPS) is 15.2. The van der Waals surface area contributed by atoms with Gasteiger partial charge in [-0.25, -0.2) is 9.79 Å². The molecule has 0 saturated carbocycles. The zero-order chi connectivity index (χ0) is 28.6.